The van der Waals surface area contributed by atoms with Crippen molar-refractivity contribution >= 4 is 31.9 Å². The van der Waals surface area contributed by atoms with Gasteiger partial charge in [-0.15, -0.1) is 0 Å². The normalized spacial score (nSPS) is 11.0. The molecule has 0 fully saturated rings. The molecule has 3 rings (SSSR count). The van der Waals surface area contributed by atoms with E-state index in [0.717, 1.165) is 36.4 Å². The van der Waals surface area contributed by atoms with Crippen LogP contribution in [0.1, 0.15) is 22.3 Å². The fraction of sp³-hybridized carbons (Fsp3) is 0.100. The highest BCUT2D eigenvalue weighted by Gasteiger charge is 2.17. The Kier molecular flexibility index (Phi) is 5.90. The molecule has 0 radical (unpaired) electrons. The van der Waals surface area contributed by atoms with Crippen LogP contribution in [0.2, 0.25) is 0 Å². The van der Waals surface area contributed by atoms with Gasteiger partial charge in [0.2, 0.25) is 0 Å². The van der Waals surface area contributed by atoms with E-state index in [0.29, 0.717) is 0 Å². The zero-order valence-corrected chi connectivity index (χ0v) is 17.3. The molecule has 28 heavy (non-hydrogen) atoms. The minimum absolute atomic E-state index is 0.109. The predicted molar refractivity (Wildman–Crippen MR) is 105 cm³/mol. The van der Waals surface area contributed by atoms with Gasteiger partial charge in [-0.2, -0.15) is 0 Å². The maximum atomic E-state index is 14.1. The van der Waals surface area contributed by atoms with Crippen molar-refractivity contribution in [1.82, 2.24) is 0 Å². The van der Waals surface area contributed by atoms with E-state index in [2.05, 4.69) is 31.9 Å². The van der Waals surface area contributed by atoms with Gasteiger partial charge in [0, 0.05) is 35.1 Å². The van der Waals surface area contributed by atoms with Crippen molar-refractivity contribution in [2.45, 2.75) is 12.8 Å². The van der Waals surface area contributed by atoms with Crippen LogP contribution in [-0.2, 0) is 12.8 Å². The van der Waals surface area contributed by atoms with E-state index in [9.17, 15) is 28.5 Å². The fourth-order valence-electron chi connectivity index (χ4n) is 2.91. The van der Waals surface area contributed by atoms with Gasteiger partial charge >= 0.3 is 0 Å². The molecule has 0 heterocycles. The molecule has 3 aromatic carbocycles. The van der Waals surface area contributed by atoms with E-state index >= 15 is 0 Å². The van der Waals surface area contributed by atoms with Crippen molar-refractivity contribution < 1.29 is 28.5 Å². The molecule has 0 spiro atoms. The lowest BCUT2D eigenvalue weighted by atomic mass is 9.96. The van der Waals surface area contributed by atoms with Crippen LogP contribution < -0.4 is 0 Å². The molecule has 0 amide bonds. The topological polar surface area (TPSA) is 60.7 Å². The van der Waals surface area contributed by atoms with Crippen LogP contribution in [0.4, 0.5) is 13.2 Å². The molecule has 0 saturated carbocycles. The third kappa shape index (κ3) is 4.28. The van der Waals surface area contributed by atoms with Crippen LogP contribution >= 0.6 is 31.9 Å². The first-order valence-corrected chi connectivity index (χ1v) is 9.58. The average Bonchev–Trinajstić information content (AvgIpc) is 2.60. The Morgan fingerprint density at radius 1 is 0.536 bits per heavy atom. The van der Waals surface area contributed by atoms with Crippen molar-refractivity contribution in [3.63, 3.8) is 0 Å². The van der Waals surface area contributed by atoms with Gasteiger partial charge in [-0.25, -0.2) is 13.2 Å². The highest BCUT2D eigenvalue weighted by molar-refractivity contribution is 9.10. The summed E-state index contributed by atoms with van der Waals surface area (Å²) in [7, 11) is 0. The van der Waals surface area contributed by atoms with Crippen molar-refractivity contribution in [2.24, 2.45) is 0 Å². The second kappa shape index (κ2) is 8.05. The number of phenols is 3. The van der Waals surface area contributed by atoms with Crippen LogP contribution in [0.25, 0.3) is 0 Å². The number of hydrogen-bond acceptors (Lipinski definition) is 3. The first-order valence-electron chi connectivity index (χ1n) is 7.99. The molecular formula is C20H13Br2F3O3. The summed E-state index contributed by atoms with van der Waals surface area (Å²) < 4.78 is 41.7. The molecule has 0 aliphatic carbocycles. The van der Waals surface area contributed by atoms with E-state index in [1.807, 2.05) is 0 Å². The molecule has 146 valence electrons. The Morgan fingerprint density at radius 2 is 0.821 bits per heavy atom. The summed E-state index contributed by atoms with van der Waals surface area (Å²) in [4.78, 5) is 0. The van der Waals surface area contributed by atoms with E-state index in [-0.39, 0.29) is 61.3 Å². The molecule has 0 atom stereocenters. The largest absolute Gasteiger partial charge is 0.507 e. The molecule has 0 aliphatic heterocycles. The maximum Gasteiger partial charge on any atom is 0.133 e. The SMILES string of the molecule is Oc1c(Br)cc(F)cc1Cc1cc(F)cc(Cc2cc(F)cc(Br)c2O)c1O. The first kappa shape index (κ1) is 20.5. The number of aromatic hydroxyl groups is 3. The van der Waals surface area contributed by atoms with Crippen molar-refractivity contribution in [1.29, 1.82) is 0 Å². The molecule has 3 N–H and O–H groups in total. The quantitative estimate of drug-likeness (QED) is 0.402. The average molecular weight is 518 g/mol. The summed E-state index contributed by atoms with van der Waals surface area (Å²) in [6.07, 6.45) is -0.283. The van der Waals surface area contributed by atoms with Crippen LogP contribution in [0.15, 0.2) is 45.3 Å². The summed E-state index contributed by atoms with van der Waals surface area (Å²) >= 11 is 6.06. The first-order chi connectivity index (χ1) is 13.2. The smallest absolute Gasteiger partial charge is 0.133 e. The van der Waals surface area contributed by atoms with Crippen LogP contribution in [-0.4, -0.2) is 15.3 Å². The highest BCUT2D eigenvalue weighted by Crippen LogP contribution is 2.36. The van der Waals surface area contributed by atoms with Gasteiger partial charge in [-0.1, -0.05) is 0 Å². The molecule has 0 saturated heterocycles. The molecule has 0 aliphatic rings. The standard InChI is InChI=1S/C20H13Br2F3O3/c21-16-7-14(24)5-11(19(16)27)1-9-3-13(23)4-10(18(9)26)2-12-6-15(25)8-17(22)20(12)28/h3-8,26-28H,1-2H2. The fourth-order valence-corrected chi connectivity index (χ4v) is 3.85. The Bertz CT molecular complexity index is 991. The number of halogens is 5. The second-order valence-corrected chi connectivity index (χ2v) is 7.93. The van der Waals surface area contributed by atoms with Gasteiger partial charge in [0.1, 0.15) is 34.7 Å². The number of hydrogen-bond donors (Lipinski definition) is 3. The lowest BCUT2D eigenvalue weighted by Crippen LogP contribution is -1.98. The molecule has 3 nitrogen and oxygen atoms in total. The van der Waals surface area contributed by atoms with Crippen LogP contribution in [0.5, 0.6) is 17.2 Å². The lowest BCUT2D eigenvalue weighted by Gasteiger charge is -2.13. The van der Waals surface area contributed by atoms with Gasteiger partial charge in [0.25, 0.3) is 0 Å². The summed E-state index contributed by atoms with van der Waals surface area (Å²) in [6.45, 7) is 0. The minimum atomic E-state index is -0.673. The molecule has 0 aromatic heterocycles. The van der Waals surface area contributed by atoms with Gasteiger partial charge in [-0.05, 0) is 68.3 Å². The van der Waals surface area contributed by atoms with E-state index in [1.165, 1.54) is 0 Å². The molecule has 0 bridgehead atoms. The lowest BCUT2D eigenvalue weighted by molar-refractivity contribution is 0.451. The summed E-state index contributed by atoms with van der Waals surface area (Å²) in [5.74, 6) is -2.62. The number of phenolic OH excluding ortho intramolecular Hbond substituents is 3. The van der Waals surface area contributed by atoms with Crippen molar-refractivity contribution in [3.05, 3.63) is 85.0 Å². The molecule has 8 heteroatoms. The van der Waals surface area contributed by atoms with E-state index in [1.54, 1.807) is 0 Å². The molecule has 0 unspecified atom stereocenters. The van der Waals surface area contributed by atoms with Crippen molar-refractivity contribution in [3.8, 4) is 17.2 Å². The zero-order valence-electron chi connectivity index (χ0n) is 14.1. The van der Waals surface area contributed by atoms with Gasteiger partial charge in [-0.3, -0.25) is 0 Å². The van der Waals surface area contributed by atoms with Crippen molar-refractivity contribution in [2.75, 3.05) is 0 Å². The van der Waals surface area contributed by atoms with Gasteiger partial charge < -0.3 is 15.3 Å². The highest BCUT2D eigenvalue weighted by atomic mass is 79.9. The van der Waals surface area contributed by atoms with Crippen LogP contribution in [0, 0.1) is 17.5 Å². The summed E-state index contributed by atoms with van der Waals surface area (Å²) in [6, 6.07) is 6.47. The van der Waals surface area contributed by atoms with Gasteiger partial charge in [0.15, 0.2) is 0 Å². The molecule has 3 aromatic rings. The number of benzene rings is 3. The Balaban J connectivity index is 2.02. The van der Waals surface area contributed by atoms with E-state index in [4.69, 9.17) is 0 Å². The Labute approximate surface area is 175 Å². The van der Waals surface area contributed by atoms with Gasteiger partial charge in [0.05, 0.1) is 8.95 Å². The Morgan fingerprint density at radius 3 is 1.18 bits per heavy atom. The Hall–Kier alpha value is -2.19. The predicted octanol–water partition coefficient (Wildman–Crippen LogP) is 5.93. The second-order valence-electron chi connectivity index (χ2n) is 6.22. The van der Waals surface area contributed by atoms with Crippen LogP contribution in [0.3, 0.4) is 0 Å². The summed E-state index contributed by atoms with van der Waals surface area (Å²) in [5.41, 5.74) is 0.515. The monoisotopic (exact) mass is 516 g/mol. The number of rotatable bonds is 4. The molecular weight excluding hydrogens is 505 g/mol. The third-order valence-corrected chi connectivity index (χ3v) is 5.42. The third-order valence-electron chi connectivity index (χ3n) is 4.21. The summed E-state index contributed by atoms with van der Waals surface area (Å²) in [5, 5.41) is 30.7. The minimum Gasteiger partial charge on any atom is -0.507 e. The zero-order chi connectivity index (χ0) is 20.6. The maximum absolute atomic E-state index is 14.1. The van der Waals surface area contributed by atoms with E-state index < -0.39 is 17.5 Å².